The fourth-order valence-electron chi connectivity index (χ4n) is 3.04. The lowest BCUT2D eigenvalue weighted by Gasteiger charge is -2.15. The number of rotatable bonds is 9. The molecule has 3 rings (SSSR count). The van der Waals surface area contributed by atoms with Gasteiger partial charge in [0.15, 0.2) is 0 Å². The molecule has 5 nitrogen and oxygen atoms in total. The van der Waals surface area contributed by atoms with Crippen LogP contribution in [0.3, 0.4) is 0 Å². The van der Waals surface area contributed by atoms with Gasteiger partial charge in [-0.1, -0.05) is 0 Å². The Morgan fingerprint density at radius 1 is 1.21 bits per heavy atom. The first-order valence-corrected chi connectivity index (χ1v) is 8.97. The van der Waals surface area contributed by atoms with Crippen molar-refractivity contribution in [2.24, 2.45) is 11.8 Å². The molecule has 1 aromatic rings. The van der Waals surface area contributed by atoms with Gasteiger partial charge in [-0.05, 0) is 61.9 Å². The van der Waals surface area contributed by atoms with Crippen molar-refractivity contribution in [3.05, 3.63) is 29.8 Å². The fourth-order valence-corrected chi connectivity index (χ4v) is 3.04. The summed E-state index contributed by atoms with van der Waals surface area (Å²) >= 11 is 0. The zero-order chi connectivity index (χ0) is 16.8. The van der Waals surface area contributed by atoms with E-state index in [1.807, 2.05) is 24.3 Å². The number of carbonyl (C=O) groups excluding carboxylic acids is 1. The topological polar surface area (TPSA) is 50.8 Å². The maximum absolute atomic E-state index is 12.3. The van der Waals surface area contributed by atoms with E-state index in [1.54, 1.807) is 7.11 Å². The Bertz CT molecular complexity index is 528. The van der Waals surface area contributed by atoms with E-state index in [0.717, 1.165) is 57.5 Å². The monoisotopic (exact) mass is 332 g/mol. The Labute approximate surface area is 144 Å². The van der Waals surface area contributed by atoms with E-state index in [9.17, 15) is 4.79 Å². The molecule has 1 saturated carbocycles. The summed E-state index contributed by atoms with van der Waals surface area (Å²) < 4.78 is 10.8. The van der Waals surface area contributed by atoms with Crippen LogP contribution in [0.1, 0.15) is 29.6 Å². The Morgan fingerprint density at radius 2 is 2.00 bits per heavy atom. The van der Waals surface area contributed by atoms with Crippen LogP contribution in [0.15, 0.2) is 24.3 Å². The van der Waals surface area contributed by atoms with E-state index in [0.29, 0.717) is 11.5 Å². The minimum atomic E-state index is -0.000848. The van der Waals surface area contributed by atoms with E-state index in [-0.39, 0.29) is 5.91 Å². The molecular weight excluding hydrogens is 304 g/mol. The highest BCUT2D eigenvalue weighted by molar-refractivity contribution is 5.94. The van der Waals surface area contributed by atoms with Gasteiger partial charge in [-0.3, -0.25) is 4.79 Å². The third kappa shape index (κ3) is 5.21. The van der Waals surface area contributed by atoms with Gasteiger partial charge in [-0.15, -0.1) is 0 Å². The molecule has 1 atom stereocenters. The summed E-state index contributed by atoms with van der Waals surface area (Å²) in [6.45, 7) is 5.42. The van der Waals surface area contributed by atoms with E-state index in [1.165, 1.54) is 12.8 Å². The molecule has 24 heavy (non-hydrogen) atoms. The first kappa shape index (κ1) is 17.2. The largest absolute Gasteiger partial charge is 0.493 e. The molecule has 2 aliphatic rings. The summed E-state index contributed by atoms with van der Waals surface area (Å²) in [4.78, 5) is 14.7. The first-order chi connectivity index (χ1) is 11.7. The predicted molar refractivity (Wildman–Crippen MR) is 93.4 cm³/mol. The molecule has 2 fully saturated rings. The van der Waals surface area contributed by atoms with Gasteiger partial charge in [-0.25, -0.2) is 0 Å². The van der Waals surface area contributed by atoms with E-state index >= 15 is 0 Å². The number of nitrogens with zero attached hydrogens (tertiary/aromatic N) is 1. The van der Waals surface area contributed by atoms with Gasteiger partial charge in [0.05, 0.1) is 13.2 Å². The number of benzene rings is 1. The smallest absolute Gasteiger partial charge is 0.251 e. The van der Waals surface area contributed by atoms with Crippen LogP contribution >= 0.6 is 0 Å². The van der Waals surface area contributed by atoms with Gasteiger partial charge in [-0.2, -0.15) is 0 Å². The summed E-state index contributed by atoms with van der Waals surface area (Å²) in [5.41, 5.74) is 0.697. The van der Waals surface area contributed by atoms with E-state index < -0.39 is 0 Å². The van der Waals surface area contributed by atoms with Crippen LogP contribution in [0.4, 0.5) is 0 Å². The van der Waals surface area contributed by atoms with Gasteiger partial charge in [0.1, 0.15) is 5.75 Å². The second kappa shape index (κ2) is 8.49. The molecule has 1 heterocycles. The van der Waals surface area contributed by atoms with Crippen molar-refractivity contribution in [2.75, 3.05) is 46.5 Å². The lowest BCUT2D eigenvalue weighted by atomic mass is 10.1. The molecule has 1 aliphatic heterocycles. The van der Waals surface area contributed by atoms with Crippen molar-refractivity contribution >= 4 is 5.91 Å². The molecule has 0 unspecified atom stereocenters. The minimum absolute atomic E-state index is 0.000848. The second-order valence-electron chi connectivity index (χ2n) is 6.94. The number of amides is 1. The summed E-state index contributed by atoms with van der Waals surface area (Å²) in [5, 5.41) is 3.06. The number of ether oxygens (including phenoxy) is 2. The van der Waals surface area contributed by atoms with Crippen molar-refractivity contribution in [3.63, 3.8) is 0 Å². The summed E-state index contributed by atoms with van der Waals surface area (Å²) in [6, 6.07) is 7.47. The van der Waals surface area contributed by atoms with E-state index in [4.69, 9.17) is 9.47 Å². The van der Waals surface area contributed by atoms with Gasteiger partial charge in [0.25, 0.3) is 5.91 Å². The van der Waals surface area contributed by atoms with Crippen LogP contribution < -0.4 is 10.1 Å². The standard InChI is InChI=1S/C19H28N2O3/c1-23-11-10-21-9-8-16(13-21)12-20-19(22)17-4-6-18(7-5-17)24-14-15-2-3-15/h4-7,15-16H,2-3,8-14H2,1H3,(H,20,22)/t16-/m0/s1. The van der Waals surface area contributed by atoms with Crippen molar-refractivity contribution in [1.82, 2.24) is 10.2 Å². The van der Waals surface area contributed by atoms with Crippen molar-refractivity contribution < 1.29 is 14.3 Å². The van der Waals surface area contributed by atoms with Crippen molar-refractivity contribution in [2.45, 2.75) is 19.3 Å². The molecule has 1 saturated heterocycles. The summed E-state index contributed by atoms with van der Waals surface area (Å²) in [5.74, 6) is 2.12. The van der Waals surface area contributed by atoms with Gasteiger partial charge < -0.3 is 19.7 Å². The molecule has 0 radical (unpaired) electrons. The highest BCUT2D eigenvalue weighted by atomic mass is 16.5. The molecule has 132 valence electrons. The molecule has 1 amide bonds. The highest BCUT2D eigenvalue weighted by Gasteiger charge is 2.23. The molecule has 0 spiro atoms. The number of hydrogen-bond acceptors (Lipinski definition) is 4. The van der Waals surface area contributed by atoms with Crippen LogP contribution in [-0.4, -0.2) is 57.3 Å². The first-order valence-electron chi connectivity index (χ1n) is 8.97. The van der Waals surface area contributed by atoms with Gasteiger partial charge in [0.2, 0.25) is 0 Å². The quantitative estimate of drug-likeness (QED) is 0.753. The van der Waals surface area contributed by atoms with Crippen molar-refractivity contribution in [1.29, 1.82) is 0 Å². The Balaban J connectivity index is 1.38. The van der Waals surface area contributed by atoms with Crippen LogP contribution in [0, 0.1) is 11.8 Å². The third-order valence-corrected chi connectivity index (χ3v) is 4.83. The van der Waals surface area contributed by atoms with Crippen LogP contribution in [0.5, 0.6) is 5.75 Å². The lowest BCUT2D eigenvalue weighted by Crippen LogP contribution is -2.31. The van der Waals surface area contributed by atoms with Crippen LogP contribution in [0.25, 0.3) is 0 Å². The molecule has 0 aromatic heterocycles. The maximum Gasteiger partial charge on any atom is 0.251 e. The minimum Gasteiger partial charge on any atom is -0.493 e. The number of carbonyl (C=O) groups is 1. The average molecular weight is 332 g/mol. The molecular formula is C19H28N2O3. The zero-order valence-electron chi connectivity index (χ0n) is 14.5. The molecule has 0 bridgehead atoms. The third-order valence-electron chi connectivity index (χ3n) is 4.83. The van der Waals surface area contributed by atoms with Crippen LogP contribution in [0.2, 0.25) is 0 Å². The van der Waals surface area contributed by atoms with Gasteiger partial charge in [0, 0.05) is 32.3 Å². The SMILES string of the molecule is COCCN1CC[C@@H](CNC(=O)c2ccc(OCC3CC3)cc2)C1. The molecule has 1 aromatic carbocycles. The zero-order valence-corrected chi connectivity index (χ0v) is 14.5. The Hall–Kier alpha value is -1.59. The summed E-state index contributed by atoms with van der Waals surface area (Å²) in [6.07, 6.45) is 3.70. The van der Waals surface area contributed by atoms with Gasteiger partial charge >= 0.3 is 0 Å². The number of hydrogen-bond donors (Lipinski definition) is 1. The Kier molecular flexibility index (Phi) is 6.10. The predicted octanol–water partition coefficient (Wildman–Crippen LogP) is 2.17. The normalized spacial score (nSPS) is 21.0. The van der Waals surface area contributed by atoms with Crippen molar-refractivity contribution in [3.8, 4) is 5.75 Å². The molecule has 5 heteroatoms. The average Bonchev–Trinajstić information content (AvgIpc) is 3.34. The molecule has 1 aliphatic carbocycles. The van der Waals surface area contributed by atoms with Crippen LogP contribution in [-0.2, 0) is 4.74 Å². The number of likely N-dealkylation sites (tertiary alicyclic amines) is 1. The fraction of sp³-hybridized carbons (Fsp3) is 0.632. The summed E-state index contributed by atoms with van der Waals surface area (Å²) in [7, 11) is 1.73. The van der Waals surface area contributed by atoms with E-state index in [2.05, 4.69) is 10.2 Å². The lowest BCUT2D eigenvalue weighted by molar-refractivity contribution is 0.0946. The maximum atomic E-state index is 12.3. The number of methoxy groups -OCH3 is 1. The Morgan fingerprint density at radius 3 is 2.71 bits per heavy atom. The molecule has 1 N–H and O–H groups in total. The highest BCUT2D eigenvalue weighted by Crippen LogP contribution is 2.29. The second-order valence-corrected chi connectivity index (χ2v) is 6.94. The number of nitrogens with one attached hydrogen (secondary N) is 1.